The van der Waals surface area contributed by atoms with Gasteiger partial charge < -0.3 is 15.2 Å². The van der Waals surface area contributed by atoms with Gasteiger partial charge in [0.1, 0.15) is 12.4 Å². The first-order valence-corrected chi connectivity index (χ1v) is 5.60. The van der Waals surface area contributed by atoms with Crippen LogP contribution in [0.25, 0.3) is 0 Å². The molecule has 0 bridgehead atoms. The quantitative estimate of drug-likeness (QED) is 0.798. The van der Waals surface area contributed by atoms with Crippen molar-refractivity contribution >= 4 is 11.6 Å². The molecule has 0 fully saturated rings. The molecule has 0 atom stereocenters. The normalized spacial score (nSPS) is 17.5. The smallest absolute Gasteiger partial charge is 0.219 e. The van der Waals surface area contributed by atoms with Crippen LogP contribution in [-0.4, -0.2) is 25.2 Å². The van der Waals surface area contributed by atoms with Crippen LogP contribution in [0.2, 0.25) is 0 Å². The number of nitrogen functional groups attached to an aromatic ring is 1. The second-order valence-corrected chi connectivity index (χ2v) is 4.95. The predicted molar refractivity (Wildman–Crippen MR) is 68.7 cm³/mol. The monoisotopic (exact) mass is 234 g/mol. The lowest BCUT2D eigenvalue weighted by Gasteiger charge is -2.11. The van der Waals surface area contributed by atoms with Crippen molar-refractivity contribution in [2.24, 2.45) is 4.99 Å². The first-order chi connectivity index (χ1) is 7.93. The van der Waals surface area contributed by atoms with Crippen molar-refractivity contribution < 1.29 is 9.47 Å². The number of benzene rings is 1. The van der Waals surface area contributed by atoms with E-state index in [1.807, 2.05) is 32.9 Å². The van der Waals surface area contributed by atoms with E-state index >= 15 is 0 Å². The van der Waals surface area contributed by atoms with Gasteiger partial charge in [-0.1, -0.05) is 0 Å². The largest absolute Gasteiger partial charge is 0.495 e. The average molecular weight is 234 g/mol. The minimum absolute atomic E-state index is 0.182. The van der Waals surface area contributed by atoms with Gasteiger partial charge in [-0.2, -0.15) is 0 Å². The number of ether oxygens (including phenoxy) is 2. The molecule has 1 aromatic carbocycles. The standard InChI is InChI=1S/C13H18N2O2/c1-8-5-9(11(14)10(6-8)16-4)12-15-13(2,3)7-17-12/h5-6H,7,14H2,1-4H3. The van der Waals surface area contributed by atoms with E-state index in [0.29, 0.717) is 23.9 Å². The van der Waals surface area contributed by atoms with E-state index in [0.717, 1.165) is 11.1 Å². The Morgan fingerprint density at radius 3 is 2.65 bits per heavy atom. The number of aryl methyl sites for hydroxylation is 1. The van der Waals surface area contributed by atoms with Crippen LogP contribution in [0, 0.1) is 6.92 Å². The van der Waals surface area contributed by atoms with Gasteiger partial charge in [0.2, 0.25) is 5.90 Å². The first kappa shape index (κ1) is 11.8. The van der Waals surface area contributed by atoms with Gasteiger partial charge in [-0.15, -0.1) is 0 Å². The summed E-state index contributed by atoms with van der Waals surface area (Å²) in [5.74, 6) is 1.27. The van der Waals surface area contributed by atoms with E-state index in [1.165, 1.54) is 0 Å². The van der Waals surface area contributed by atoms with Crippen molar-refractivity contribution in [1.82, 2.24) is 0 Å². The van der Waals surface area contributed by atoms with E-state index < -0.39 is 0 Å². The third-order valence-corrected chi connectivity index (χ3v) is 2.70. The molecule has 0 unspecified atom stereocenters. The Morgan fingerprint density at radius 1 is 1.41 bits per heavy atom. The molecule has 92 valence electrons. The van der Waals surface area contributed by atoms with Gasteiger partial charge in [0.15, 0.2) is 0 Å². The van der Waals surface area contributed by atoms with Crippen LogP contribution in [0.5, 0.6) is 5.75 Å². The number of aliphatic imine (C=N–C) groups is 1. The van der Waals surface area contributed by atoms with Crippen molar-refractivity contribution in [3.8, 4) is 5.75 Å². The molecular formula is C13H18N2O2. The molecule has 1 heterocycles. The van der Waals surface area contributed by atoms with E-state index in [9.17, 15) is 0 Å². The molecule has 0 spiro atoms. The maximum Gasteiger partial charge on any atom is 0.219 e. The Kier molecular flexibility index (Phi) is 2.73. The number of nitrogens with two attached hydrogens (primary N) is 1. The molecule has 17 heavy (non-hydrogen) atoms. The highest BCUT2D eigenvalue weighted by atomic mass is 16.5. The summed E-state index contributed by atoms with van der Waals surface area (Å²) in [5.41, 5.74) is 8.33. The molecule has 1 aliphatic rings. The highest BCUT2D eigenvalue weighted by Crippen LogP contribution is 2.30. The number of methoxy groups -OCH3 is 1. The molecule has 0 aliphatic carbocycles. The Balaban J connectivity index is 2.50. The van der Waals surface area contributed by atoms with E-state index in [2.05, 4.69) is 4.99 Å². The molecule has 4 heteroatoms. The van der Waals surface area contributed by atoms with Crippen LogP contribution in [-0.2, 0) is 4.74 Å². The average Bonchev–Trinajstić information content (AvgIpc) is 2.61. The lowest BCUT2D eigenvalue weighted by molar-refractivity contribution is 0.279. The second kappa shape index (κ2) is 3.95. The fourth-order valence-electron chi connectivity index (χ4n) is 1.83. The fourth-order valence-corrected chi connectivity index (χ4v) is 1.83. The second-order valence-electron chi connectivity index (χ2n) is 4.95. The van der Waals surface area contributed by atoms with Gasteiger partial charge in [-0.25, -0.2) is 4.99 Å². The molecule has 1 aliphatic heterocycles. The van der Waals surface area contributed by atoms with Crippen molar-refractivity contribution in [3.05, 3.63) is 23.3 Å². The molecule has 1 aromatic rings. The fraction of sp³-hybridized carbons (Fsp3) is 0.462. The van der Waals surface area contributed by atoms with Gasteiger partial charge in [0.05, 0.1) is 23.9 Å². The molecule has 2 N–H and O–H groups in total. The number of rotatable bonds is 2. The number of hydrogen-bond acceptors (Lipinski definition) is 4. The molecule has 4 nitrogen and oxygen atoms in total. The van der Waals surface area contributed by atoms with Crippen molar-refractivity contribution in [1.29, 1.82) is 0 Å². The lowest BCUT2D eigenvalue weighted by atomic mass is 10.1. The Bertz CT molecular complexity index is 479. The first-order valence-electron chi connectivity index (χ1n) is 5.60. The van der Waals surface area contributed by atoms with Gasteiger partial charge in [0, 0.05) is 0 Å². The van der Waals surface area contributed by atoms with Crippen LogP contribution in [0.15, 0.2) is 17.1 Å². The summed E-state index contributed by atoms with van der Waals surface area (Å²) in [6.45, 7) is 6.64. The SMILES string of the molecule is COc1cc(C)cc(C2=NC(C)(C)CO2)c1N. The maximum absolute atomic E-state index is 6.05. The molecule has 0 radical (unpaired) electrons. The molecule has 0 saturated heterocycles. The minimum Gasteiger partial charge on any atom is -0.495 e. The Labute approximate surface area is 101 Å². The zero-order valence-electron chi connectivity index (χ0n) is 10.7. The van der Waals surface area contributed by atoms with E-state index in [-0.39, 0.29) is 5.54 Å². The van der Waals surface area contributed by atoms with Crippen molar-refractivity contribution in [3.63, 3.8) is 0 Å². The Morgan fingerprint density at radius 2 is 2.12 bits per heavy atom. The van der Waals surface area contributed by atoms with E-state index in [4.69, 9.17) is 15.2 Å². The van der Waals surface area contributed by atoms with Gasteiger partial charge >= 0.3 is 0 Å². The van der Waals surface area contributed by atoms with Gasteiger partial charge in [-0.05, 0) is 38.5 Å². The highest BCUT2D eigenvalue weighted by molar-refractivity contribution is 6.01. The van der Waals surface area contributed by atoms with Crippen molar-refractivity contribution in [2.45, 2.75) is 26.3 Å². The summed E-state index contributed by atoms with van der Waals surface area (Å²) >= 11 is 0. The molecule has 0 amide bonds. The lowest BCUT2D eigenvalue weighted by Crippen LogP contribution is -2.17. The summed E-state index contributed by atoms with van der Waals surface area (Å²) in [5, 5.41) is 0. The third kappa shape index (κ3) is 2.20. The Hall–Kier alpha value is -1.71. The predicted octanol–water partition coefficient (Wildman–Crippen LogP) is 2.14. The van der Waals surface area contributed by atoms with Crippen LogP contribution in [0.4, 0.5) is 5.69 Å². The zero-order valence-corrected chi connectivity index (χ0v) is 10.7. The summed E-state index contributed by atoms with van der Waals surface area (Å²) in [6.07, 6.45) is 0. The molecule has 2 rings (SSSR count). The molecule has 0 aromatic heterocycles. The third-order valence-electron chi connectivity index (χ3n) is 2.70. The maximum atomic E-state index is 6.05. The van der Waals surface area contributed by atoms with E-state index in [1.54, 1.807) is 7.11 Å². The van der Waals surface area contributed by atoms with Crippen LogP contribution >= 0.6 is 0 Å². The zero-order chi connectivity index (χ0) is 12.6. The summed E-state index contributed by atoms with van der Waals surface area (Å²) in [4.78, 5) is 4.53. The summed E-state index contributed by atoms with van der Waals surface area (Å²) in [6, 6.07) is 3.87. The van der Waals surface area contributed by atoms with Crippen LogP contribution in [0.1, 0.15) is 25.0 Å². The van der Waals surface area contributed by atoms with Gasteiger partial charge in [-0.3, -0.25) is 0 Å². The number of anilines is 1. The van der Waals surface area contributed by atoms with Crippen molar-refractivity contribution in [2.75, 3.05) is 19.5 Å². The van der Waals surface area contributed by atoms with Crippen LogP contribution in [0.3, 0.4) is 0 Å². The minimum atomic E-state index is -0.182. The number of hydrogen-bond donors (Lipinski definition) is 1. The summed E-state index contributed by atoms with van der Waals surface area (Å²) in [7, 11) is 1.61. The van der Waals surface area contributed by atoms with Gasteiger partial charge in [0.25, 0.3) is 0 Å². The number of nitrogens with zero attached hydrogens (tertiary/aromatic N) is 1. The summed E-state index contributed by atoms with van der Waals surface area (Å²) < 4.78 is 10.8. The van der Waals surface area contributed by atoms with Crippen LogP contribution < -0.4 is 10.5 Å². The molecule has 0 saturated carbocycles. The molecular weight excluding hydrogens is 216 g/mol. The topological polar surface area (TPSA) is 56.8 Å². The highest BCUT2D eigenvalue weighted by Gasteiger charge is 2.28.